The van der Waals surface area contributed by atoms with Crippen molar-refractivity contribution in [3.8, 4) is 17.1 Å². The van der Waals surface area contributed by atoms with Crippen molar-refractivity contribution >= 4 is 22.6 Å². The van der Waals surface area contributed by atoms with Gasteiger partial charge in [0.15, 0.2) is 5.82 Å². The van der Waals surface area contributed by atoms with E-state index in [1.807, 2.05) is 18.2 Å². The Hall–Kier alpha value is -4.14. The Bertz CT molecular complexity index is 1280. The second kappa shape index (κ2) is 9.34. The van der Waals surface area contributed by atoms with Crippen molar-refractivity contribution in [2.24, 2.45) is 0 Å². The summed E-state index contributed by atoms with van der Waals surface area (Å²) in [4.78, 5) is 29.0. The Balaban J connectivity index is 1.50. The van der Waals surface area contributed by atoms with Crippen LogP contribution in [0.15, 0.2) is 55.1 Å². The molecule has 4 rings (SSSR count). The molecule has 9 heteroatoms. The molecule has 3 aromatic heterocycles. The number of aromatic nitrogens is 4. The molecule has 3 heterocycles. The molecule has 0 radical (unpaired) electrons. The highest BCUT2D eigenvalue weighted by Gasteiger charge is 2.12. The fourth-order valence-corrected chi connectivity index (χ4v) is 3.42. The Labute approximate surface area is 183 Å². The highest BCUT2D eigenvalue weighted by Crippen LogP contribution is 2.23. The molecule has 0 unspecified atom stereocenters. The molecule has 0 aliphatic rings. The van der Waals surface area contributed by atoms with Crippen LogP contribution in [0.25, 0.3) is 22.2 Å². The third kappa shape index (κ3) is 4.31. The fraction of sp³-hybridized carbons (Fsp3) is 0.174. The van der Waals surface area contributed by atoms with Crippen LogP contribution in [0.4, 0.5) is 10.2 Å². The second-order valence-electron chi connectivity index (χ2n) is 6.93. The first-order chi connectivity index (χ1) is 15.6. The van der Waals surface area contributed by atoms with Crippen molar-refractivity contribution in [2.75, 3.05) is 26.0 Å². The molecule has 8 nitrogen and oxygen atoms in total. The lowest BCUT2D eigenvalue weighted by Gasteiger charge is -2.10. The van der Waals surface area contributed by atoms with Gasteiger partial charge in [0, 0.05) is 43.0 Å². The lowest BCUT2D eigenvalue weighted by molar-refractivity contribution is 0.0964. The van der Waals surface area contributed by atoms with Gasteiger partial charge in [-0.1, -0.05) is 18.2 Å². The van der Waals surface area contributed by atoms with E-state index in [0.717, 1.165) is 16.5 Å². The van der Waals surface area contributed by atoms with Gasteiger partial charge in [-0.3, -0.25) is 9.78 Å². The highest BCUT2D eigenvalue weighted by molar-refractivity contribution is 6.06. The van der Waals surface area contributed by atoms with Gasteiger partial charge in [-0.05, 0) is 24.1 Å². The lowest BCUT2D eigenvalue weighted by atomic mass is 10.0. The van der Waals surface area contributed by atoms with Gasteiger partial charge in [0.25, 0.3) is 5.91 Å². The zero-order valence-electron chi connectivity index (χ0n) is 17.6. The van der Waals surface area contributed by atoms with Gasteiger partial charge >= 0.3 is 0 Å². The van der Waals surface area contributed by atoms with E-state index in [4.69, 9.17) is 4.74 Å². The molecular formula is C23H21FN6O2. The molecule has 0 aliphatic heterocycles. The van der Waals surface area contributed by atoms with E-state index in [1.54, 1.807) is 25.4 Å². The zero-order valence-corrected chi connectivity index (χ0v) is 17.6. The molecule has 0 fully saturated rings. The van der Waals surface area contributed by atoms with Crippen LogP contribution in [0.2, 0.25) is 0 Å². The van der Waals surface area contributed by atoms with Crippen LogP contribution in [0.1, 0.15) is 15.9 Å². The van der Waals surface area contributed by atoms with Crippen LogP contribution in [-0.4, -0.2) is 46.5 Å². The van der Waals surface area contributed by atoms with Crippen LogP contribution in [0, 0.1) is 5.82 Å². The van der Waals surface area contributed by atoms with Crippen molar-refractivity contribution in [3.05, 3.63) is 72.1 Å². The van der Waals surface area contributed by atoms with Crippen molar-refractivity contribution < 1.29 is 13.9 Å². The number of methoxy groups -OCH3 is 1. The summed E-state index contributed by atoms with van der Waals surface area (Å²) in [5, 5.41) is 6.72. The summed E-state index contributed by atoms with van der Waals surface area (Å²) in [5.74, 6) is -0.168. The molecule has 2 N–H and O–H groups in total. The normalized spacial score (nSPS) is 10.7. The van der Waals surface area contributed by atoms with Crippen molar-refractivity contribution in [2.45, 2.75) is 6.42 Å². The number of hydrogen-bond donors (Lipinski definition) is 2. The van der Waals surface area contributed by atoms with Crippen molar-refractivity contribution in [1.82, 2.24) is 25.3 Å². The third-order valence-corrected chi connectivity index (χ3v) is 4.99. The summed E-state index contributed by atoms with van der Waals surface area (Å²) >= 11 is 0. The van der Waals surface area contributed by atoms with E-state index < -0.39 is 5.82 Å². The molecule has 4 aromatic rings. The van der Waals surface area contributed by atoms with Gasteiger partial charge in [-0.15, -0.1) is 0 Å². The minimum absolute atomic E-state index is 0.0653. The molecule has 1 aromatic carbocycles. The van der Waals surface area contributed by atoms with Crippen molar-refractivity contribution in [3.63, 3.8) is 0 Å². The zero-order chi connectivity index (χ0) is 22.5. The van der Waals surface area contributed by atoms with Gasteiger partial charge in [0.05, 0.1) is 23.9 Å². The number of nitrogens with one attached hydrogen (secondary N) is 2. The number of amides is 1. The average molecular weight is 432 g/mol. The van der Waals surface area contributed by atoms with E-state index in [1.165, 1.54) is 25.7 Å². The predicted molar refractivity (Wildman–Crippen MR) is 119 cm³/mol. The summed E-state index contributed by atoms with van der Waals surface area (Å²) in [7, 11) is 2.97. The summed E-state index contributed by atoms with van der Waals surface area (Å²) in [6.07, 6.45) is 5.22. The van der Waals surface area contributed by atoms with E-state index in [2.05, 4.69) is 30.6 Å². The monoisotopic (exact) mass is 432 g/mol. The number of nitrogens with zero attached hydrogens (tertiary/aromatic N) is 4. The van der Waals surface area contributed by atoms with Crippen LogP contribution in [0.3, 0.4) is 0 Å². The van der Waals surface area contributed by atoms with Gasteiger partial charge in [0.2, 0.25) is 5.88 Å². The van der Waals surface area contributed by atoms with Crippen LogP contribution in [0.5, 0.6) is 5.88 Å². The number of pyridine rings is 2. The number of fused-ring (bicyclic) bond motifs is 1. The fourth-order valence-electron chi connectivity index (χ4n) is 3.42. The molecule has 0 saturated heterocycles. The number of hydrogen-bond acceptors (Lipinski definition) is 7. The maximum Gasteiger partial charge on any atom is 0.251 e. The molecule has 162 valence electrons. The first kappa shape index (κ1) is 21.1. The molecule has 0 saturated carbocycles. The molecule has 0 spiro atoms. The number of ether oxygens (including phenoxy) is 1. The maximum atomic E-state index is 14.0. The van der Waals surface area contributed by atoms with Crippen LogP contribution in [-0.2, 0) is 6.42 Å². The molecular weight excluding hydrogens is 411 g/mol. The minimum atomic E-state index is -0.558. The topological polar surface area (TPSA) is 102 Å². The van der Waals surface area contributed by atoms with Gasteiger partial charge in [-0.25, -0.2) is 19.3 Å². The number of carbonyl (C=O) groups is 1. The lowest BCUT2D eigenvalue weighted by Crippen LogP contribution is -2.18. The molecule has 0 atom stereocenters. The number of benzene rings is 1. The quantitative estimate of drug-likeness (QED) is 0.462. The predicted octanol–water partition coefficient (Wildman–Crippen LogP) is 3.25. The minimum Gasteiger partial charge on any atom is -0.479 e. The third-order valence-electron chi connectivity index (χ3n) is 4.99. The van der Waals surface area contributed by atoms with Crippen molar-refractivity contribution in [1.29, 1.82) is 0 Å². The molecule has 32 heavy (non-hydrogen) atoms. The largest absolute Gasteiger partial charge is 0.479 e. The summed E-state index contributed by atoms with van der Waals surface area (Å²) < 4.78 is 18.8. The van der Waals surface area contributed by atoms with E-state index >= 15 is 0 Å². The number of carbonyl (C=O) groups excluding carboxylic acids is 1. The molecule has 0 aliphatic carbocycles. The van der Waals surface area contributed by atoms with Gasteiger partial charge < -0.3 is 15.4 Å². The number of para-hydroxylation sites is 1. The number of anilines is 1. The van der Waals surface area contributed by atoms with E-state index in [-0.39, 0.29) is 11.8 Å². The van der Waals surface area contributed by atoms with Gasteiger partial charge in [-0.2, -0.15) is 0 Å². The molecule has 1 amide bonds. The number of halogens is 1. The first-order valence-corrected chi connectivity index (χ1v) is 9.95. The SMILES string of the molecule is CNC(=O)c1ccnc2c(CCNc3cc(-c4cnc(OC)c(F)c4)ncn3)cccc12. The van der Waals surface area contributed by atoms with Gasteiger partial charge in [0.1, 0.15) is 12.1 Å². The average Bonchev–Trinajstić information content (AvgIpc) is 2.83. The first-order valence-electron chi connectivity index (χ1n) is 9.95. The smallest absolute Gasteiger partial charge is 0.251 e. The van der Waals surface area contributed by atoms with E-state index in [9.17, 15) is 9.18 Å². The highest BCUT2D eigenvalue weighted by atomic mass is 19.1. The Morgan fingerprint density at radius 1 is 1.12 bits per heavy atom. The number of rotatable bonds is 7. The Kier molecular flexibility index (Phi) is 6.16. The van der Waals surface area contributed by atoms with Crippen LogP contribution >= 0.6 is 0 Å². The second-order valence-corrected chi connectivity index (χ2v) is 6.93. The summed E-state index contributed by atoms with van der Waals surface area (Å²) in [6.45, 7) is 0.580. The summed E-state index contributed by atoms with van der Waals surface area (Å²) in [6, 6.07) is 10.6. The van der Waals surface area contributed by atoms with Crippen LogP contribution < -0.4 is 15.4 Å². The summed E-state index contributed by atoms with van der Waals surface area (Å²) in [5.41, 5.74) is 3.45. The maximum absolute atomic E-state index is 14.0. The van der Waals surface area contributed by atoms with E-state index in [0.29, 0.717) is 35.6 Å². The Morgan fingerprint density at radius 3 is 2.78 bits per heavy atom. The Morgan fingerprint density at radius 2 is 2.00 bits per heavy atom. The standard InChI is InChI=1S/C23H21FN6O2/c1-25-22(31)17-7-9-27-21-14(4-3-5-16(17)21)6-8-26-20-11-19(29-13-30-20)15-10-18(24)23(32-2)28-12-15/h3-5,7,9-13H,6,8H2,1-2H3,(H,25,31)(H,26,29,30). The molecule has 0 bridgehead atoms.